The summed E-state index contributed by atoms with van der Waals surface area (Å²) in [5.41, 5.74) is 4.04. The summed E-state index contributed by atoms with van der Waals surface area (Å²) < 4.78 is 5.63. The molecule has 0 saturated carbocycles. The Morgan fingerprint density at radius 1 is 1.14 bits per heavy atom. The molecule has 0 aliphatic rings. The van der Waals surface area contributed by atoms with Crippen LogP contribution in [-0.2, 0) is 6.42 Å². The third-order valence-corrected chi connectivity index (χ3v) is 4.08. The van der Waals surface area contributed by atoms with Gasteiger partial charge in [-0.25, -0.2) is 0 Å². The standard InChI is InChI=1S/C23H24N4O2/c1-16(2)29-20-11-9-19(10-12-20)21-14-22(26-25-21)23(28)27-24-15-17(3)13-18-7-5-4-6-8-18/h4-12,14-16H,13H2,1-3H3,(H,25,26)/b17-15+,27-24?. The Labute approximate surface area is 170 Å². The Hall–Kier alpha value is -3.54. The maximum Gasteiger partial charge on any atom is 0.313 e. The molecule has 6 heteroatoms. The fraction of sp³-hybridized carbons (Fsp3) is 0.217. The third-order valence-electron chi connectivity index (χ3n) is 4.08. The molecule has 0 saturated heterocycles. The second-order valence-electron chi connectivity index (χ2n) is 7.02. The first-order chi connectivity index (χ1) is 14.0. The minimum Gasteiger partial charge on any atom is -0.491 e. The van der Waals surface area contributed by atoms with Crippen LogP contribution in [0.25, 0.3) is 11.3 Å². The first kappa shape index (κ1) is 20.2. The number of H-pyrrole nitrogens is 1. The molecule has 0 atom stereocenters. The smallest absolute Gasteiger partial charge is 0.313 e. The maximum atomic E-state index is 12.2. The Morgan fingerprint density at radius 2 is 1.86 bits per heavy atom. The highest BCUT2D eigenvalue weighted by atomic mass is 16.5. The second kappa shape index (κ2) is 9.59. The molecule has 1 aromatic heterocycles. The number of benzene rings is 2. The number of carbonyl (C=O) groups is 1. The van der Waals surface area contributed by atoms with E-state index in [1.165, 1.54) is 5.56 Å². The summed E-state index contributed by atoms with van der Waals surface area (Å²) in [5.74, 6) is 0.328. The lowest BCUT2D eigenvalue weighted by molar-refractivity contribution is 0.0990. The Bertz CT molecular complexity index is 1000. The van der Waals surface area contributed by atoms with Crippen LogP contribution in [0.1, 0.15) is 36.8 Å². The Balaban J connectivity index is 1.61. The van der Waals surface area contributed by atoms with Crippen molar-refractivity contribution in [2.75, 3.05) is 0 Å². The normalized spacial score (nSPS) is 11.9. The van der Waals surface area contributed by atoms with E-state index in [1.807, 2.05) is 75.4 Å². The lowest BCUT2D eigenvalue weighted by Gasteiger charge is -2.09. The zero-order valence-corrected chi connectivity index (χ0v) is 16.8. The van der Waals surface area contributed by atoms with Gasteiger partial charge in [-0.05, 0) is 68.7 Å². The highest BCUT2D eigenvalue weighted by molar-refractivity contribution is 5.93. The van der Waals surface area contributed by atoms with E-state index in [0.717, 1.165) is 23.3 Å². The zero-order chi connectivity index (χ0) is 20.6. The molecule has 0 bridgehead atoms. The van der Waals surface area contributed by atoms with Gasteiger partial charge >= 0.3 is 5.91 Å². The van der Waals surface area contributed by atoms with Gasteiger partial charge in [0.15, 0.2) is 0 Å². The van der Waals surface area contributed by atoms with Crippen LogP contribution in [0.15, 0.2) is 82.7 Å². The van der Waals surface area contributed by atoms with Crippen molar-refractivity contribution in [2.24, 2.45) is 10.2 Å². The van der Waals surface area contributed by atoms with E-state index in [-0.39, 0.29) is 6.10 Å². The summed E-state index contributed by atoms with van der Waals surface area (Å²) >= 11 is 0. The predicted octanol–water partition coefficient (Wildman–Crippen LogP) is 5.60. The van der Waals surface area contributed by atoms with Crippen LogP contribution in [0, 0.1) is 0 Å². The molecule has 1 heterocycles. The van der Waals surface area contributed by atoms with Crippen molar-refractivity contribution in [3.05, 3.63) is 83.7 Å². The summed E-state index contributed by atoms with van der Waals surface area (Å²) in [7, 11) is 0. The molecule has 2 aromatic carbocycles. The molecule has 0 radical (unpaired) electrons. The van der Waals surface area contributed by atoms with Crippen LogP contribution < -0.4 is 4.74 Å². The SMILES string of the molecule is C/C(=C\N=NC(=O)c1cc(-c2ccc(OC(C)C)cc2)n[nH]1)Cc1ccccc1. The van der Waals surface area contributed by atoms with Crippen LogP contribution in [0.5, 0.6) is 5.75 Å². The van der Waals surface area contributed by atoms with Gasteiger partial charge in [-0.15, -0.1) is 5.11 Å². The number of hydrogen-bond donors (Lipinski definition) is 1. The van der Waals surface area contributed by atoms with Crippen LogP contribution in [0.4, 0.5) is 0 Å². The van der Waals surface area contributed by atoms with Crippen molar-refractivity contribution in [1.29, 1.82) is 0 Å². The predicted molar refractivity (Wildman–Crippen MR) is 113 cm³/mol. The summed E-state index contributed by atoms with van der Waals surface area (Å²) in [6.45, 7) is 5.91. The number of carbonyl (C=O) groups excluding carboxylic acids is 1. The molecule has 1 N–H and O–H groups in total. The van der Waals surface area contributed by atoms with Crippen molar-refractivity contribution < 1.29 is 9.53 Å². The number of amides is 1. The second-order valence-corrected chi connectivity index (χ2v) is 7.02. The molecule has 3 rings (SSSR count). The summed E-state index contributed by atoms with van der Waals surface area (Å²) in [4.78, 5) is 12.2. The molecule has 3 aromatic rings. The fourth-order valence-electron chi connectivity index (χ4n) is 2.75. The first-order valence-corrected chi connectivity index (χ1v) is 9.48. The van der Waals surface area contributed by atoms with Crippen molar-refractivity contribution >= 4 is 5.91 Å². The highest BCUT2D eigenvalue weighted by Crippen LogP contribution is 2.22. The molecule has 0 aliphatic heterocycles. The number of hydrogen-bond acceptors (Lipinski definition) is 4. The molecular formula is C23H24N4O2. The Morgan fingerprint density at radius 3 is 2.55 bits per heavy atom. The van der Waals surface area contributed by atoms with E-state index >= 15 is 0 Å². The fourth-order valence-corrected chi connectivity index (χ4v) is 2.75. The van der Waals surface area contributed by atoms with Gasteiger partial charge in [0.2, 0.25) is 0 Å². The van der Waals surface area contributed by atoms with Crippen LogP contribution in [-0.4, -0.2) is 22.2 Å². The lowest BCUT2D eigenvalue weighted by Crippen LogP contribution is -2.05. The molecule has 29 heavy (non-hydrogen) atoms. The van der Waals surface area contributed by atoms with E-state index in [9.17, 15) is 4.79 Å². The van der Waals surface area contributed by atoms with E-state index in [2.05, 4.69) is 20.4 Å². The number of rotatable bonds is 7. The van der Waals surface area contributed by atoms with E-state index in [1.54, 1.807) is 12.3 Å². The quantitative estimate of drug-likeness (QED) is 0.535. The van der Waals surface area contributed by atoms with Crippen LogP contribution in [0.2, 0.25) is 0 Å². The Kier molecular flexibility index (Phi) is 6.68. The molecular weight excluding hydrogens is 364 g/mol. The van der Waals surface area contributed by atoms with Gasteiger partial charge in [0.25, 0.3) is 0 Å². The number of aromatic amines is 1. The summed E-state index contributed by atoms with van der Waals surface area (Å²) in [5, 5.41) is 14.6. The number of nitrogens with one attached hydrogen (secondary N) is 1. The van der Waals surface area contributed by atoms with Gasteiger partial charge in [-0.1, -0.05) is 30.3 Å². The summed E-state index contributed by atoms with van der Waals surface area (Å²) in [6, 6.07) is 19.3. The first-order valence-electron chi connectivity index (χ1n) is 9.48. The molecule has 0 fully saturated rings. The van der Waals surface area contributed by atoms with E-state index < -0.39 is 5.91 Å². The zero-order valence-electron chi connectivity index (χ0n) is 16.8. The minimum absolute atomic E-state index is 0.117. The van der Waals surface area contributed by atoms with Crippen molar-refractivity contribution in [1.82, 2.24) is 10.2 Å². The van der Waals surface area contributed by atoms with Gasteiger partial charge in [0, 0.05) is 11.8 Å². The number of ether oxygens (including phenoxy) is 1. The van der Waals surface area contributed by atoms with Gasteiger partial charge < -0.3 is 4.74 Å². The van der Waals surface area contributed by atoms with Gasteiger partial charge in [0.1, 0.15) is 11.4 Å². The monoisotopic (exact) mass is 388 g/mol. The maximum absolute atomic E-state index is 12.2. The summed E-state index contributed by atoms with van der Waals surface area (Å²) in [6.07, 6.45) is 2.49. The molecule has 0 aliphatic carbocycles. The molecule has 6 nitrogen and oxygen atoms in total. The average molecular weight is 388 g/mol. The number of aromatic nitrogens is 2. The lowest BCUT2D eigenvalue weighted by atomic mass is 10.1. The molecule has 0 unspecified atom stereocenters. The number of nitrogens with zero attached hydrogens (tertiary/aromatic N) is 3. The van der Waals surface area contributed by atoms with Crippen molar-refractivity contribution in [3.63, 3.8) is 0 Å². The highest BCUT2D eigenvalue weighted by Gasteiger charge is 2.10. The van der Waals surface area contributed by atoms with Crippen molar-refractivity contribution in [2.45, 2.75) is 33.3 Å². The molecule has 0 spiro atoms. The number of allylic oxidation sites excluding steroid dienone is 1. The molecule has 1 amide bonds. The topological polar surface area (TPSA) is 79.7 Å². The van der Waals surface area contributed by atoms with Gasteiger partial charge in [0.05, 0.1) is 11.8 Å². The van der Waals surface area contributed by atoms with Crippen LogP contribution in [0.3, 0.4) is 0 Å². The van der Waals surface area contributed by atoms with Gasteiger partial charge in [-0.3, -0.25) is 9.89 Å². The minimum atomic E-state index is -0.465. The largest absolute Gasteiger partial charge is 0.491 e. The number of azo groups is 1. The van der Waals surface area contributed by atoms with E-state index in [4.69, 9.17) is 4.74 Å². The average Bonchev–Trinajstić information content (AvgIpc) is 3.19. The van der Waals surface area contributed by atoms with Crippen molar-refractivity contribution in [3.8, 4) is 17.0 Å². The van der Waals surface area contributed by atoms with Crippen LogP contribution >= 0.6 is 0 Å². The molecule has 148 valence electrons. The van der Waals surface area contributed by atoms with E-state index in [0.29, 0.717) is 11.4 Å². The van der Waals surface area contributed by atoms with Gasteiger partial charge in [-0.2, -0.15) is 10.2 Å². The third kappa shape index (κ3) is 5.97.